The van der Waals surface area contributed by atoms with E-state index in [9.17, 15) is 13.2 Å². The van der Waals surface area contributed by atoms with Gasteiger partial charge < -0.3 is 5.32 Å². The number of halogens is 1. The van der Waals surface area contributed by atoms with Gasteiger partial charge in [-0.15, -0.1) is 0 Å². The van der Waals surface area contributed by atoms with Crippen molar-refractivity contribution in [3.05, 3.63) is 29.3 Å². The molecule has 1 aromatic rings. The second-order valence-corrected chi connectivity index (χ2v) is 5.59. The molecule has 0 saturated heterocycles. The molecule has 0 radical (unpaired) electrons. The number of nitrogens with one attached hydrogen (secondary N) is 1. The Labute approximate surface area is 104 Å². The zero-order chi connectivity index (χ0) is 13.1. The first-order valence-corrected chi connectivity index (χ1v) is 6.46. The maximum Gasteiger partial charge on any atom is 0.253 e. The lowest BCUT2D eigenvalue weighted by atomic mass is 10.4. The fourth-order valence-corrected chi connectivity index (χ4v) is 2.61. The molecule has 0 aliphatic heterocycles. The maximum absolute atomic E-state index is 11.9. The Morgan fingerprint density at radius 2 is 1.94 bits per heavy atom. The van der Waals surface area contributed by atoms with Crippen molar-refractivity contribution < 1.29 is 13.2 Å². The van der Waals surface area contributed by atoms with Gasteiger partial charge in [0.25, 0.3) is 5.91 Å². The summed E-state index contributed by atoms with van der Waals surface area (Å²) in [5.74, 6) is -0.859. The largest absolute Gasteiger partial charge is 0.357 e. The number of hydrogen-bond donors (Lipinski definition) is 1. The Morgan fingerprint density at radius 3 is 2.35 bits per heavy atom. The van der Waals surface area contributed by atoms with Crippen molar-refractivity contribution in [3.63, 3.8) is 0 Å². The number of sulfone groups is 1. The summed E-state index contributed by atoms with van der Waals surface area (Å²) in [6.45, 7) is 0. The summed E-state index contributed by atoms with van der Waals surface area (Å²) in [6, 6.07) is 6.75. The van der Waals surface area contributed by atoms with Crippen LogP contribution in [0, 0.1) is 11.3 Å². The molecule has 0 spiro atoms. The Morgan fingerprint density at radius 1 is 1.41 bits per heavy atom. The SMILES string of the molecule is CNC(=O)C(C#N)S(=O)(=O)c1ccc(Cl)cc1. The second-order valence-electron chi connectivity index (χ2n) is 3.12. The van der Waals surface area contributed by atoms with Gasteiger partial charge in [-0.2, -0.15) is 5.26 Å². The Hall–Kier alpha value is -1.58. The number of nitrogens with zero attached hydrogens (tertiary/aromatic N) is 1. The maximum atomic E-state index is 11.9. The molecule has 0 aliphatic rings. The first kappa shape index (κ1) is 13.5. The van der Waals surface area contributed by atoms with Crippen LogP contribution >= 0.6 is 11.6 Å². The fraction of sp³-hybridized carbons (Fsp3) is 0.200. The topological polar surface area (TPSA) is 87.0 Å². The molecule has 5 nitrogen and oxygen atoms in total. The summed E-state index contributed by atoms with van der Waals surface area (Å²) in [5, 5.41) is 9.52. The summed E-state index contributed by atoms with van der Waals surface area (Å²) in [7, 11) is -2.74. The molecule has 17 heavy (non-hydrogen) atoms. The quantitative estimate of drug-likeness (QED) is 0.880. The zero-order valence-electron chi connectivity index (χ0n) is 8.84. The van der Waals surface area contributed by atoms with Crippen LogP contribution in [0.2, 0.25) is 5.02 Å². The molecule has 7 heteroatoms. The van der Waals surface area contributed by atoms with Crippen LogP contribution in [0.3, 0.4) is 0 Å². The van der Waals surface area contributed by atoms with Gasteiger partial charge in [0.05, 0.1) is 11.0 Å². The average molecular weight is 273 g/mol. The van der Waals surface area contributed by atoms with Crippen molar-refractivity contribution in [2.75, 3.05) is 7.05 Å². The van der Waals surface area contributed by atoms with Gasteiger partial charge in [0.15, 0.2) is 0 Å². The number of nitriles is 1. The van der Waals surface area contributed by atoms with E-state index in [1.165, 1.54) is 37.4 Å². The summed E-state index contributed by atoms with van der Waals surface area (Å²) in [6.07, 6.45) is 0. The third-order valence-corrected chi connectivity index (χ3v) is 4.18. The highest BCUT2D eigenvalue weighted by Gasteiger charge is 2.33. The normalized spacial score (nSPS) is 12.5. The number of rotatable bonds is 3. The minimum Gasteiger partial charge on any atom is -0.357 e. The molecule has 1 unspecified atom stereocenters. The molecular weight excluding hydrogens is 264 g/mol. The molecule has 0 aromatic heterocycles. The van der Waals surface area contributed by atoms with Crippen LogP contribution in [0.1, 0.15) is 0 Å². The minimum atomic E-state index is -4.01. The Balaban J connectivity index is 3.23. The van der Waals surface area contributed by atoms with Crippen LogP contribution < -0.4 is 5.32 Å². The van der Waals surface area contributed by atoms with Crippen molar-refractivity contribution in [1.82, 2.24) is 5.32 Å². The van der Waals surface area contributed by atoms with Gasteiger partial charge in [0.1, 0.15) is 0 Å². The van der Waals surface area contributed by atoms with E-state index >= 15 is 0 Å². The van der Waals surface area contributed by atoms with Crippen molar-refractivity contribution >= 4 is 27.3 Å². The summed E-state index contributed by atoms with van der Waals surface area (Å²) < 4.78 is 23.9. The molecule has 1 rings (SSSR count). The number of amides is 1. The third kappa shape index (κ3) is 2.75. The van der Waals surface area contributed by atoms with Crippen LogP contribution in [0.25, 0.3) is 0 Å². The van der Waals surface area contributed by atoms with Crippen molar-refractivity contribution in [2.45, 2.75) is 10.1 Å². The summed E-state index contributed by atoms with van der Waals surface area (Å²) >= 11 is 5.63. The predicted molar refractivity (Wildman–Crippen MR) is 62.1 cm³/mol. The lowest BCUT2D eigenvalue weighted by Gasteiger charge is -2.09. The minimum absolute atomic E-state index is 0.114. The van der Waals surface area contributed by atoms with E-state index in [0.717, 1.165) is 0 Å². The van der Waals surface area contributed by atoms with E-state index in [0.29, 0.717) is 5.02 Å². The molecular formula is C10H9ClN2O3S. The van der Waals surface area contributed by atoms with Crippen LogP contribution in [0.15, 0.2) is 29.2 Å². The van der Waals surface area contributed by atoms with E-state index in [-0.39, 0.29) is 4.90 Å². The highest BCUT2D eigenvalue weighted by molar-refractivity contribution is 7.93. The number of hydrogen-bond acceptors (Lipinski definition) is 4. The number of benzene rings is 1. The second kappa shape index (κ2) is 5.17. The molecule has 0 saturated carbocycles. The van der Waals surface area contributed by atoms with Crippen LogP contribution in [-0.2, 0) is 14.6 Å². The highest BCUT2D eigenvalue weighted by Crippen LogP contribution is 2.18. The van der Waals surface area contributed by atoms with E-state index in [1.54, 1.807) is 0 Å². The molecule has 0 heterocycles. The van der Waals surface area contributed by atoms with Gasteiger partial charge in [-0.3, -0.25) is 4.79 Å². The van der Waals surface area contributed by atoms with Gasteiger partial charge in [0.2, 0.25) is 15.1 Å². The van der Waals surface area contributed by atoms with Gasteiger partial charge in [-0.1, -0.05) is 11.6 Å². The molecule has 1 atom stereocenters. The van der Waals surface area contributed by atoms with Crippen LogP contribution in [0.4, 0.5) is 0 Å². The molecule has 1 aromatic carbocycles. The lowest BCUT2D eigenvalue weighted by molar-refractivity contribution is -0.119. The first-order valence-electron chi connectivity index (χ1n) is 4.54. The lowest BCUT2D eigenvalue weighted by Crippen LogP contribution is -2.37. The average Bonchev–Trinajstić information content (AvgIpc) is 2.29. The van der Waals surface area contributed by atoms with E-state index in [2.05, 4.69) is 5.32 Å². The van der Waals surface area contributed by atoms with Gasteiger partial charge >= 0.3 is 0 Å². The smallest absolute Gasteiger partial charge is 0.253 e. The van der Waals surface area contributed by atoms with Gasteiger partial charge in [0, 0.05) is 12.1 Å². The van der Waals surface area contributed by atoms with E-state index in [1.807, 2.05) is 0 Å². The standard InChI is InChI=1S/C10H9ClN2O3S/c1-13-10(14)9(6-12)17(15,16)8-4-2-7(11)3-5-8/h2-5,9H,1H3,(H,13,14). The summed E-state index contributed by atoms with van der Waals surface area (Å²) in [5.41, 5.74) is 0. The van der Waals surface area contributed by atoms with Crippen molar-refractivity contribution in [2.24, 2.45) is 0 Å². The molecule has 1 amide bonds. The summed E-state index contributed by atoms with van der Waals surface area (Å²) in [4.78, 5) is 11.2. The number of carbonyl (C=O) groups excluding carboxylic acids is 1. The van der Waals surface area contributed by atoms with Crippen molar-refractivity contribution in [3.8, 4) is 6.07 Å². The van der Waals surface area contributed by atoms with Gasteiger partial charge in [-0.05, 0) is 24.3 Å². The van der Waals surface area contributed by atoms with Crippen LogP contribution in [-0.4, -0.2) is 26.6 Å². The molecule has 0 aliphatic carbocycles. The number of carbonyl (C=O) groups is 1. The highest BCUT2D eigenvalue weighted by atomic mass is 35.5. The molecule has 90 valence electrons. The zero-order valence-corrected chi connectivity index (χ0v) is 10.4. The van der Waals surface area contributed by atoms with Crippen LogP contribution in [0.5, 0.6) is 0 Å². The Bertz CT molecular complexity index is 560. The predicted octanol–water partition coefficient (Wildman–Crippen LogP) is 0.752. The monoisotopic (exact) mass is 272 g/mol. The first-order chi connectivity index (χ1) is 7.93. The van der Waals surface area contributed by atoms with E-state index < -0.39 is 21.0 Å². The molecule has 1 N–H and O–H groups in total. The van der Waals surface area contributed by atoms with E-state index in [4.69, 9.17) is 16.9 Å². The molecule has 0 bridgehead atoms. The third-order valence-electron chi connectivity index (χ3n) is 2.05. The Kier molecular flexibility index (Phi) is 4.10. The fourth-order valence-electron chi connectivity index (χ4n) is 1.16. The van der Waals surface area contributed by atoms with Gasteiger partial charge in [-0.25, -0.2) is 8.42 Å². The van der Waals surface area contributed by atoms with Crippen molar-refractivity contribution in [1.29, 1.82) is 5.26 Å². The molecule has 0 fully saturated rings.